The normalized spacial score (nSPS) is 28.6. The number of rotatable bonds is 3. The number of urea groups is 1. The molecule has 3 atom stereocenters. The molecule has 3 rings (SSSR count). The lowest BCUT2D eigenvalue weighted by atomic mass is 9.95. The minimum atomic E-state index is 0.00821. The largest absolute Gasteiger partial charge is 0.375 e. The number of carbonyl (C=O) groups is 1. The van der Waals surface area contributed by atoms with E-state index < -0.39 is 0 Å². The molecule has 0 unspecified atom stereocenters. The molecule has 2 saturated heterocycles. The fraction of sp³-hybridized carbons (Fsp3) is 0.588. The van der Waals surface area contributed by atoms with Crippen molar-refractivity contribution in [1.29, 1.82) is 0 Å². The van der Waals surface area contributed by atoms with Crippen molar-refractivity contribution in [2.75, 3.05) is 32.8 Å². The van der Waals surface area contributed by atoms with Crippen LogP contribution < -0.4 is 5.32 Å². The van der Waals surface area contributed by atoms with E-state index >= 15 is 0 Å². The molecule has 2 heterocycles. The number of amides is 2. The van der Waals surface area contributed by atoms with E-state index in [4.69, 9.17) is 9.47 Å². The Morgan fingerprint density at radius 2 is 2.09 bits per heavy atom. The third-order valence-corrected chi connectivity index (χ3v) is 4.39. The summed E-state index contributed by atoms with van der Waals surface area (Å²) in [6, 6.07) is 10.3. The number of nitrogens with one attached hydrogen (secondary N) is 1. The van der Waals surface area contributed by atoms with Crippen molar-refractivity contribution in [2.24, 2.45) is 5.92 Å². The molecule has 120 valence electrons. The maximum Gasteiger partial charge on any atom is 0.317 e. The maximum atomic E-state index is 12.3. The van der Waals surface area contributed by atoms with Gasteiger partial charge in [-0.2, -0.15) is 0 Å². The Morgan fingerprint density at radius 1 is 1.27 bits per heavy atom. The van der Waals surface area contributed by atoms with Gasteiger partial charge in [0.1, 0.15) is 0 Å². The highest BCUT2D eigenvalue weighted by molar-refractivity contribution is 5.74. The van der Waals surface area contributed by atoms with Crippen molar-refractivity contribution in [3.63, 3.8) is 0 Å². The zero-order valence-corrected chi connectivity index (χ0v) is 13.0. The molecule has 0 saturated carbocycles. The molecule has 0 spiro atoms. The van der Waals surface area contributed by atoms with Gasteiger partial charge >= 0.3 is 6.03 Å². The van der Waals surface area contributed by atoms with Gasteiger partial charge in [0, 0.05) is 32.2 Å². The molecule has 0 aromatic heterocycles. The van der Waals surface area contributed by atoms with E-state index in [1.807, 2.05) is 30.0 Å². The first kappa shape index (κ1) is 15.3. The number of ether oxygens (including phenoxy) is 2. The topological polar surface area (TPSA) is 50.8 Å². The zero-order valence-electron chi connectivity index (χ0n) is 13.0. The summed E-state index contributed by atoms with van der Waals surface area (Å²) in [5, 5.41) is 3.07. The van der Waals surface area contributed by atoms with E-state index in [2.05, 4.69) is 17.4 Å². The number of benzene rings is 1. The Kier molecular flexibility index (Phi) is 4.95. The van der Waals surface area contributed by atoms with Crippen LogP contribution in [-0.2, 0) is 9.47 Å². The molecule has 0 bridgehead atoms. The van der Waals surface area contributed by atoms with Crippen molar-refractivity contribution < 1.29 is 14.3 Å². The molecule has 2 aliphatic rings. The second-order valence-corrected chi connectivity index (χ2v) is 6.06. The zero-order chi connectivity index (χ0) is 15.4. The maximum absolute atomic E-state index is 12.3. The van der Waals surface area contributed by atoms with Crippen molar-refractivity contribution >= 4 is 6.03 Å². The van der Waals surface area contributed by atoms with E-state index in [1.165, 1.54) is 5.56 Å². The van der Waals surface area contributed by atoms with Gasteiger partial charge < -0.3 is 19.7 Å². The van der Waals surface area contributed by atoms with E-state index in [9.17, 15) is 4.79 Å². The Balaban J connectivity index is 1.53. The summed E-state index contributed by atoms with van der Waals surface area (Å²) in [4.78, 5) is 14.1. The Hall–Kier alpha value is -1.59. The predicted octanol–water partition coefficient (Wildman–Crippen LogP) is 2.19. The number of hydrogen-bond donors (Lipinski definition) is 1. The molecule has 1 aromatic rings. The van der Waals surface area contributed by atoms with E-state index in [1.54, 1.807) is 0 Å². The first-order valence-corrected chi connectivity index (χ1v) is 8.05. The Labute approximate surface area is 131 Å². The van der Waals surface area contributed by atoms with Gasteiger partial charge in [0.25, 0.3) is 0 Å². The van der Waals surface area contributed by atoms with Crippen LogP contribution in [0.5, 0.6) is 0 Å². The molecular weight excluding hydrogens is 280 g/mol. The van der Waals surface area contributed by atoms with Gasteiger partial charge in [-0.3, -0.25) is 0 Å². The average molecular weight is 304 g/mol. The minimum Gasteiger partial charge on any atom is -0.375 e. The first-order valence-electron chi connectivity index (χ1n) is 8.05. The lowest BCUT2D eigenvalue weighted by Gasteiger charge is -2.31. The lowest BCUT2D eigenvalue weighted by molar-refractivity contribution is -0.00374. The van der Waals surface area contributed by atoms with Crippen LogP contribution in [0.2, 0.25) is 0 Å². The molecule has 5 nitrogen and oxygen atoms in total. The third kappa shape index (κ3) is 3.59. The highest BCUT2D eigenvalue weighted by Crippen LogP contribution is 2.33. The van der Waals surface area contributed by atoms with Crippen molar-refractivity contribution in [1.82, 2.24) is 10.2 Å². The Bertz CT molecular complexity index is 494. The summed E-state index contributed by atoms with van der Waals surface area (Å²) in [5.41, 5.74) is 1.19. The summed E-state index contributed by atoms with van der Waals surface area (Å²) in [6.45, 7) is 5.36. The van der Waals surface area contributed by atoms with Crippen LogP contribution in [-0.4, -0.2) is 49.9 Å². The minimum absolute atomic E-state index is 0.00821. The van der Waals surface area contributed by atoms with Crippen LogP contribution in [0.3, 0.4) is 0 Å². The van der Waals surface area contributed by atoms with Gasteiger partial charge in [0.15, 0.2) is 0 Å². The number of nitrogens with zero attached hydrogens (tertiary/aromatic N) is 1. The Morgan fingerprint density at radius 3 is 2.86 bits per heavy atom. The number of carbonyl (C=O) groups excluding carboxylic acids is 1. The lowest BCUT2D eigenvalue weighted by Crippen LogP contribution is -2.49. The van der Waals surface area contributed by atoms with Crippen LogP contribution in [0, 0.1) is 5.92 Å². The summed E-state index contributed by atoms with van der Waals surface area (Å²) >= 11 is 0. The van der Waals surface area contributed by atoms with Gasteiger partial charge in [0.05, 0.1) is 18.8 Å². The smallest absolute Gasteiger partial charge is 0.317 e. The fourth-order valence-electron chi connectivity index (χ4n) is 3.19. The molecule has 2 fully saturated rings. The SMILES string of the molecule is C[C@@H]1CN(C(=O)NC[C@H]2CCO[C@@H]2c2ccccc2)CCO1. The summed E-state index contributed by atoms with van der Waals surface area (Å²) < 4.78 is 11.3. The van der Waals surface area contributed by atoms with Gasteiger partial charge in [-0.1, -0.05) is 30.3 Å². The quantitative estimate of drug-likeness (QED) is 0.931. The number of morpholine rings is 1. The number of hydrogen-bond acceptors (Lipinski definition) is 3. The van der Waals surface area contributed by atoms with Crippen LogP contribution in [0.1, 0.15) is 25.0 Å². The summed E-state index contributed by atoms with van der Waals surface area (Å²) in [7, 11) is 0. The van der Waals surface area contributed by atoms with Gasteiger partial charge in [-0.15, -0.1) is 0 Å². The van der Waals surface area contributed by atoms with E-state index in [-0.39, 0.29) is 18.2 Å². The van der Waals surface area contributed by atoms with Crippen LogP contribution in [0.4, 0.5) is 4.79 Å². The molecule has 5 heteroatoms. The average Bonchev–Trinajstić information content (AvgIpc) is 3.02. The van der Waals surface area contributed by atoms with E-state index in [0.29, 0.717) is 32.2 Å². The van der Waals surface area contributed by atoms with Crippen LogP contribution in [0.15, 0.2) is 30.3 Å². The molecular formula is C17H24N2O3. The van der Waals surface area contributed by atoms with Crippen molar-refractivity contribution in [3.8, 4) is 0 Å². The molecule has 1 N–H and O–H groups in total. The van der Waals surface area contributed by atoms with Crippen molar-refractivity contribution in [3.05, 3.63) is 35.9 Å². The predicted molar refractivity (Wildman–Crippen MR) is 83.6 cm³/mol. The first-order chi connectivity index (χ1) is 10.7. The second-order valence-electron chi connectivity index (χ2n) is 6.06. The van der Waals surface area contributed by atoms with Crippen LogP contribution >= 0.6 is 0 Å². The molecule has 0 radical (unpaired) electrons. The third-order valence-electron chi connectivity index (χ3n) is 4.39. The monoisotopic (exact) mass is 304 g/mol. The highest BCUT2D eigenvalue weighted by Gasteiger charge is 2.30. The molecule has 2 aliphatic heterocycles. The van der Waals surface area contributed by atoms with E-state index in [0.717, 1.165) is 13.0 Å². The summed E-state index contributed by atoms with van der Waals surface area (Å²) in [5.74, 6) is 0.338. The van der Waals surface area contributed by atoms with Crippen LogP contribution in [0.25, 0.3) is 0 Å². The summed E-state index contributed by atoms with van der Waals surface area (Å²) in [6.07, 6.45) is 1.19. The molecule has 1 aromatic carbocycles. The standard InChI is InChI=1S/C17H24N2O3/c1-13-12-19(8-10-21-13)17(20)18-11-15-7-9-22-16(15)14-5-3-2-4-6-14/h2-6,13,15-16H,7-12H2,1H3,(H,18,20)/t13-,15-,16-/m1/s1. The molecule has 22 heavy (non-hydrogen) atoms. The highest BCUT2D eigenvalue weighted by atomic mass is 16.5. The van der Waals surface area contributed by atoms with Gasteiger partial charge in [0.2, 0.25) is 0 Å². The van der Waals surface area contributed by atoms with Crippen molar-refractivity contribution in [2.45, 2.75) is 25.6 Å². The van der Waals surface area contributed by atoms with Gasteiger partial charge in [-0.05, 0) is 18.9 Å². The second kappa shape index (κ2) is 7.11. The molecule has 0 aliphatic carbocycles. The fourth-order valence-corrected chi connectivity index (χ4v) is 3.19. The molecule has 2 amide bonds. The van der Waals surface area contributed by atoms with Gasteiger partial charge in [-0.25, -0.2) is 4.79 Å².